The molecular formula is C21H17NO4S. The molecule has 1 N–H and O–H groups in total. The van der Waals surface area contributed by atoms with E-state index in [1.165, 1.54) is 12.1 Å². The van der Waals surface area contributed by atoms with Crippen molar-refractivity contribution in [2.75, 3.05) is 11.6 Å². The second-order valence-corrected chi connectivity index (χ2v) is 8.42. The Bertz CT molecular complexity index is 1090. The van der Waals surface area contributed by atoms with Crippen molar-refractivity contribution in [2.24, 2.45) is 0 Å². The molecule has 0 fully saturated rings. The van der Waals surface area contributed by atoms with Crippen LogP contribution in [0.2, 0.25) is 0 Å². The van der Waals surface area contributed by atoms with Gasteiger partial charge < -0.3 is 10.1 Å². The minimum atomic E-state index is -3.35. The fourth-order valence-electron chi connectivity index (χ4n) is 3.21. The van der Waals surface area contributed by atoms with E-state index in [0.717, 1.165) is 17.4 Å². The number of rotatable bonds is 3. The minimum Gasteiger partial charge on any atom is -0.457 e. The second kappa shape index (κ2) is 6.55. The smallest absolute Gasteiger partial charge is 0.236 e. The number of benzene rings is 3. The summed E-state index contributed by atoms with van der Waals surface area (Å²) < 4.78 is 29.5. The number of anilines is 1. The maximum absolute atomic E-state index is 13.1. The molecule has 0 saturated carbocycles. The molecule has 0 aliphatic carbocycles. The zero-order chi connectivity index (χ0) is 19.0. The lowest BCUT2D eigenvalue weighted by molar-refractivity contribution is -0.116. The highest BCUT2D eigenvalue weighted by molar-refractivity contribution is 7.90. The van der Waals surface area contributed by atoms with E-state index in [1.54, 1.807) is 12.1 Å². The number of carbonyl (C=O) groups excluding carboxylic acids is 1. The summed E-state index contributed by atoms with van der Waals surface area (Å²) in [7, 11) is -3.35. The first-order valence-electron chi connectivity index (χ1n) is 8.40. The molecule has 6 heteroatoms. The Labute approximate surface area is 157 Å². The number of ether oxygens (including phenoxy) is 1. The van der Waals surface area contributed by atoms with E-state index in [4.69, 9.17) is 4.74 Å². The lowest BCUT2D eigenvalue weighted by atomic mass is 9.87. The van der Waals surface area contributed by atoms with Crippen LogP contribution < -0.4 is 10.1 Å². The first kappa shape index (κ1) is 17.3. The fraction of sp³-hybridized carbons (Fsp3) is 0.0952. The van der Waals surface area contributed by atoms with Gasteiger partial charge in [0.1, 0.15) is 11.5 Å². The summed E-state index contributed by atoms with van der Waals surface area (Å²) in [6.45, 7) is 0. The molecule has 136 valence electrons. The van der Waals surface area contributed by atoms with Crippen LogP contribution >= 0.6 is 0 Å². The molecule has 0 bridgehead atoms. The van der Waals surface area contributed by atoms with Crippen molar-refractivity contribution < 1.29 is 17.9 Å². The third kappa shape index (κ3) is 3.31. The number of carbonyl (C=O) groups is 1. The topological polar surface area (TPSA) is 72.5 Å². The molecular weight excluding hydrogens is 362 g/mol. The number of hydrogen-bond acceptors (Lipinski definition) is 4. The molecule has 1 aliphatic rings. The van der Waals surface area contributed by atoms with E-state index in [-0.39, 0.29) is 10.8 Å². The van der Waals surface area contributed by atoms with Crippen molar-refractivity contribution in [3.8, 4) is 11.5 Å². The SMILES string of the molecule is CS(=O)(=O)c1cccc(NC(=O)C2c3ccccc3Oc3ccccc32)c1. The minimum absolute atomic E-state index is 0.160. The average Bonchev–Trinajstić information content (AvgIpc) is 2.65. The summed E-state index contributed by atoms with van der Waals surface area (Å²) in [5.41, 5.74) is 1.98. The molecule has 0 saturated heterocycles. The van der Waals surface area contributed by atoms with E-state index >= 15 is 0 Å². The molecule has 0 radical (unpaired) electrons. The third-order valence-corrected chi connectivity index (χ3v) is 5.58. The van der Waals surface area contributed by atoms with Crippen molar-refractivity contribution in [1.29, 1.82) is 0 Å². The van der Waals surface area contributed by atoms with E-state index in [0.29, 0.717) is 17.2 Å². The number of fused-ring (bicyclic) bond motifs is 2. The van der Waals surface area contributed by atoms with E-state index < -0.39 is 15.8 Å². The van der Waals surface area contributed by atoms with Gasteiger partial charge in [0.05, 0.1) is 10.8 Å². The van der Waals surface area contributed by atoms with E-state index in [1.807, 2.05) is 48.5 Å². The van der Waals surface area contributed by atoms with Gasteiger partial charge in [0.2, 0.25) is 5.91 Å². The normalized spacial score (nSPS) is 13.2. The Hall–Kier alpha value is -3.12. The van der Waals surface area contributed by atoms with Gasteiger partial charge in [-0.05, 0) is 30.3 Å². The molecule has 3 aromatic carbocycles. The lowest BCUT2D eigenvalue weighted by Crippen LogP contribution is -2.25. The maximum atomic E-state index is 13.1. The standard InChI is InChI=1S/C21H17NO4S/c1-27(24,25)15-8-6-7-14(13-15)22-21(23)20-16-9-2-4-11-18(16)26-19-12-5-3-10-17(19)20/h2-13,20H,1H3,(H,22,23). The molecule has 4 rings (SSSR count). The summed E-state index contributed by atoms with van der Waals surface area (Å²) in [6.07, 6.45) is 1.14. The van der Waals surface area contributed by atoms with Crippen LogP contribution in [0.25, 0.3) is 0 Å². The van der Waals surface area contributed by atoms with Gasteiger partial charge in [-0.1, -0.05) is 42.5 Å². The van der Waals surface area contributed by atoms with Crippen molar-refractivity contribution in [1.82, 2.24) is 0 Å². The quantitative estimate of drug-likeness (QED) is 0.747. The predicted molar refractivity (Wildman–Crippen MR) is 103 cm³/mol. The Morgan fingerprint density at radius 3 is 2.07 bits per heavy atom. The predicted octanol–water partition coefficient (Wildman–Crippen LogP) is 3.97. The van der Waals surface area contributed by atoms with E-state index in [9.17, 15) is 13.2 Å². The molecule has 1 aliphatic heterocycles. The molecule has 0 unspecified atom stereocenters. The van der Waals surface area contributed by atoms with Crippen LogP contribution in [-0.4, -0.2) is 20.6 Å². The van der Waals surface area contributed by atoms with Crippen molar-refractivity contribution in [3.05, 3.63) is 83.9 Å². The van der Waals surface area contributed by atoms with Gasteiger partial charge in [0.25, 0.3) is 0 Å². The van der Waals surface area contributed by atoms with Crippen LogP contribution in [0.5, 0.6) is 11.5 Å². The summed E-state index contributed by atoms with van der Waals surface area (Å²) in [5, 5.41) is 2.85. The van der Waals surface area contributed by atoms with Gasteiger partial charge in [0.15, 0.2) is 9.84 Å². The van der Waals surface area contributed by atoms with Crippen molar-refractivity contribution in [2.45, 2.75) is 10.8 Å². The highest BCUT2D eigenvalue weighted by atomic mass is 32.2. The lowest BCUT2D eigenvalue weighted by Gasteiger charge is -2.27. The van der Waals surface area contributed by atoms with Gasteiger partial charge in [-0.2, -0.15) is 0 Å². The fourth-order valence-corrected chi connectivity index (χ4v) is 3.88. The Morgan fingerprint density at radius 1 is 0.889 bits per heavy atom. The zero-order valence-corrected chi connectivity index (χ0v) is 15.4. The van der Waals surface area contributed by atoms with Crippen LogP contribution in [0.3, 0.4) is 0 Å². The maximum Gasteiger partial charge on any atom is 0.236 e. The summed E-state index contributed by atoms with van der Waals surface area (Å²) in [4.78, 5) is 13.3. The summed E-state index contributed by atoms with van der Waals surface area (Å²) in [5.74, 6) is 0.486. The molecule has 0 atom stereocenters. The first-order valence-corrected chi connectivity index (χ1v) is 10.3. The van der Waals surface area contributed by atoms with Crippen LogP contribution in [0.4, 0.5) is 5.69 Å². The van der Waals surface area contributed by atoms with Crippen LogP contribution in [-0.2, 0) is 14.6 Å². The number of nitrogens with one attached hydrogen (secondary N) is 1. The Kier molecular flexibility index (Phi) is 4.20. The van der Waals surface area contributed by atoms with Gasteiger partial charge in [-0.3, -0.25) is 4.79 Å². The molecule has 5 nitrogen and oxygen atoms in total. The summed E-state index contributed by atoms with van der Waals surface area (Å²) >= 11 is 0. The monoisotopic (exact) mass is 379 g/mol. The molecule has 1 heterocycles. The van der Waals surface area contributed by atoms with Crippen molar-refractivity contribution >= 4 is 21.4 Å². The van der Waals surface area contributed by atoms with Crippen LogP contribution in [0.1, 0.15) is 17.0 Å². The van der Waals surface area contributed by atoms with Crippen molar-refractivity contribution in [3.63, 3.8) is 0 Å². The van der Waals surface area contributed by atoms with Gasteiger partial charge >= 0.3 is 0 Å². The number of hydrogen-bond donors (Lipinski definition) is 1. The first-order chi connectivity index (χ1) is 12.9. The Balaban J connectivity index is 1.73. The zero-order valence-electron chi connectivity index (χ0n) is 14.5. The van der Waals surface area contributed by atoms with E-state index in [2.05, 4.69) is 5.32 Å². The van der Waals surface area contributed by atoms with Gasteiger partial charge in [-0.15, -0.1) is 0 Å². The Morgan fingerprint density at radius 2 is 1.48 bits per heavy atom. The molecule has 0 aromatic heterocycles. The third-order valence-electron chi connectivity index (χ3n) is 4.47. The molecule has 1 amide bonds. The highest BCUT2D eigenvalue weighted by Gasteiger charge is 2.32. The number of para-hydroxylation sites is 2. The van der Waals surface area contributed by atoms with Gasteiger partial charge in [-0.25, -0.2) is 8.42 Å². The number of sulfone groups is 1. The molecule has 0 spiro atoms. The molecule has 27 heavy (non-hydrogen) atoms. The average molecular weight is 379 g/mol. The highest BCUT2D eigenvalue weighted by Crippen LogP contribution is 2.44. The van der Waals surface area contributed by atoms with Crippen LogP contribution in [0, 0.1) is 0 Å². The number of amides is 1. The summed E-state index contributed by atoms with van der Waals surface area (Å²) in [6, 6.07) is 21.1. The largest absolute Gasteiger partial charge is 0.457 e. The molecule has 3 aromatic rings. The van der Waals surface area contributed by atoms with Gasteiger partial charge in [0, 0.05) is 23.1 Å². The second-order valence-electron chi connectivity index (χ2n) is 6.40. The van der Waals surface area contributed by atoms with Crippen LogP contribution in [0.15, 0.2) is 77.7 Å².